The van der Waals surface area contributed by atoms with E-state index in [9.17, 15) is 9.18 Å². The van der Waals surface area contributed by atoms with Crippen molar-refractivity contribution in [2.24, 2.45) is 5.92 Å². The Morgan fingerprint density at radius 3 is 2.90 bits per heavy atom. The van der Waals surface area contributed by atoms with Crippen LogP contribution in [0.25, 0.3) is 0 Å². The summed E-state index contributed by atoms with van der Waals surface area (Å²) in [5.74, 6) is -0.766. The van der Waals surface area contributed by atoms with Crippen LogP contribution in [0.1, 0.15) is 12.5 Å². The number of nitrogens with zero attached hydrogens (tertiary/aromatic N) is 2. The molecular weight excluding hydrogens is 325 g/mol. The summed E-state index contributed by atoms with van der Waals surface area (Å²) in [6.45, 7) is 3.94. The van der Waals surface area contributed by atoms with Crippen LogP contribution in [0, 0.1) is 18.7 Å². The zero-order valence-electron chi connectivity index (χ0n) is 11.2. The van der Waals surface area contributed by atoms with Gasteiger partial charge in [-0.3, -0.25) is 9.48 Å². The third-order valence-corrected chi connectivity index (χ3v) is 3.36. The molecule has 0 aliphatic rings. The minimum atomic E-state index is -0.327. The molecule has 0 fully saturated rings. The number of carbonyl (C=O) groups excluding carboxylic acids is 1. The van der Waals surface area contributed by atoms with Crippen LogP contribution in [-0.4, -0.2) is 15.7 Å². The van der Waals surface area contributed by atoms with Crippen molar-refractivity contribution in [3.8, 4) is 0 Å². The molecule has 6 heteroatoms. The Morgan fingerprint density at radius 1 is 1.55 bits per heavy atom. The van der Waals surface area contributed by atoms with Gasteiger partial charge in [0.2, 0.25) is 5.91 Å². The zero-order chi connectivity index (χ0) is 14.7. The fourth-order valence-electron chi connectivity index (χ4n) is 1.74. The Labute approximate surface area is 125 Å². The summed E-state index contributed by atoms with van der Waals surface area (Å²) in [6, 6.07) is 4.65. The number of halogens is 2. The maximum absolute atomic E-state index is 13.4. The SMILES string of the molecule is Cc1ccc(NC(=O)[C@@H](C)Cn2cc(Br)cn2)cc1F. The van der Waals surface area contributed by atoms with Crippen LogP contribution in [0.3, 0.4) is 0 Å². The Morgan fingerprint density at radius 2 is 2.30 bits per heavy atom. The van der Waals surface area contributed by atoms with E-state index in [1.165, 1.54) is 6.07 Å². The largest absolute Gasteiger partial charge is 0.326 e. The summed E-state index contributed by atoms with van der Waals surface area (Å²) in [5.41, 5.74) is 1.02. The van der Waals surface area contributed by atoms with E-state index in [4.69, 9.17) is 0 Å². The lowest BCUT2D eigenvalue weighted by molar-refractivity contribution is -0.119. The van der Waals surface area contributed by atoms with Gasteiger partial charge in [0.05, 0.1) is 23.1 Å². The second kappa shape index (κ2) is 6.17. The van der Waals surface area contributed by atoms with Crippen LogP contribution < -0.4 is 5.32 Å². The molecule has 0 aliphatic heterocycles. The minimum absolute atomic E-state index is 0.167. The number of aromatic nitrogens is 2. The summed E-state index contributed by atoms with van der Waals surface area (Å²) in [5, 5.41) is 6.81. The van der Waals surface area contributed by atoms with Crippen LogP contribution in [0.4, 0.5) is 10.1 Å². The highest BCUT2D eigenvalue weighted by molar-refractivity contribution is 9.10. The number of nitrogens with one attached hydrogen (secondary N) is 1. The number of amides is 1. The van der Waals surface area contributed by atoms with Gasteiger partial charge < -0.3 is 5.32 Å². The van der Waals surface area contributed by atoms with Gasteiger partial charge in [-0.05, 0) is 40.5 Å². The van der Waals surface area contributed by atoms with E-state index in [1.54, 1.807) is 43.1 Å². The monoisotopic (exact) mass is 339 g/mol. The first-order chi connectivity index (χ1) is 9.45. The molecule has 0 saturated carbocycles. The Balaban J connectivity index is 1.98. The van der Waals surface area contributed by atoms with Crippen molar-refractivity contribution < 1.29 is 9.18 Å². The molecule has 20 heavy (non-hydrogen) atoms. The number of hydrogen-bond acceptors (Lipinski definition) is 2. The summed E-state index contributed by atoms with van der Waals surface area (Å²) < 4.78 is 16.0. The lowest BCUT2D eigenvalue weighted by Gasteiger charge is -2.12. The Bertz CT molecular complexity index is 627. The number of anilines is 1. The highest BCUT2D eigenvalue weighted by Gasteiger charge is 2.14. The molecule has 1 heterocycles. The Hall–Kier alpha value is -1.69. The van der Waals surface area contributed by atoms with Crippen molar-refractivity contribution >= 4 is 27.5 Å². The number of carbonyl (C=O) groups is 1. The van der Waals surface area contributed by atoms with Crippen LogP contribution >= 0.6 is 15.9 Å². The molecule has 0 bridgehead atoms. The van der Waals surface area contributed by atoms with E-state index in [1.807, 2.05) is 0 Å². The Kier molecular flexibility index (Phi) is 4.54. The average Bonchev–Trinajstić information content (AvgIpc) is 2.79. The van der Waals surface area contributed by atoms with E-state index >= 15 is 0 Å². The second-order valence-electron chi connectivity index (χ2n) is 4.73. The first-order valence-corrected chi connectivity index (χ1v) is 7.00. The van der Waals surface area contributed by atoms with Gasteiger partial charge in [0.25, 0.3) is 0 Å². The molecule has 2 rings (SSSR count). The molecular formula is C14H15BrFN3O. The second-order valence-corrected chi connectivity index (χ2v) is 5.65. The molecule has 0 aliphatic carbocycles. The first kappa shape index (κ1) is 14.7. The van der Waals surface area contributed by atoms with Gasteiger partial charge >= 0.3 is 0 Å². The molecule has 4 nitrogen and oxygen atoms in total. The average molecular weight is 340 g/mol. The van der Waals surface area contributed by atoms with Crippen LogP contribution in [-0.2, 0) is 11.3 Å². The highest BCUT2D eigenvalue weighted by atomic mass is 79.9. The maximum atomic E-state index is 13.4. The van der Waals surface area contributed by atoms with E-state index in [0.29, 0.717) is 17.8 Å². The van der Waals surface area contributed by atoms with Gasteiger partial charge in [-0.2, -0.15) is 5.10 Å². The predicted molar refractivity (Wildman–Crippen MR) is 78.9 cm³/mol. The summed E-state index contributed by atoms with van der Waals surface area (Å²) in [7, 11) is 0. The van der Waals surface area contributed by atoms with Gasteiger partial charge in [-0.15, -0.1) is 0 Å². The molecule has 0 radical (unpaired) electrons. The van der Waals surface area contributed by atoms with Crippen LogP contribution in [0.2, 0.25) is 0 Å². The minimum Gasteiger partial charge on any atom is -0.326 e. The number of rotatable bonds is 4. The van der Waals surface area contributed by atoms with E-state index in [0.717, 1.165) is 4.47 Å². The van der Waals surface area contributed by atoms with Crippen LogP contribution in [0.15, 0.2) is 35.1 Å². The number of benzene rings is 1. The zero-order valence-corrected chi connectivity index (χ0v) is 12.8. The number of hydrogen-bond donors (Lipinski definition) is 1. The van der Waals surface area contributed by atoms with E-state index in [2.05, 4.69) is 26.3 Å². The van der Waals surface area contributed by atoms with Crippen molar-refractivity contribution in [2.45, 2.75) is 20.4 Å². The van der Waals surface area contributed by atoms with Crippen molar-refractivity contribution in [3.05, 3.63) is 46.4 Å². The van der Waals surface area contributed by atoms with E-state index in [-0.39, 0.29) is 17.6 Å². The van der Waals surface area contributed by atoms with Gasteiger partial charge in [0, 0.05) is 11.9 Å². The number of aryl methyl sites for hydroxylation is 1. The van der Waals surface area contributed by atoms with Gasteiger partial charge in [0.15, 0.2) is 0 Å². The summed E-state index contributed by atoms with van der Waals surface area (Å²) in [4.78, 5) is 12.0. The van der Waals surface area contributed by atoms with Crippen molar-refractivity contribution in [1.82, 2.24) is 9.78 Å². The standard InChI is InChI=1S/C14H15BrFN3O/c1-9-3-4-12(5-13(9)16)18-14(20)10(2)7-19-8-11(15)6-17-19/h3-6,8,10H,7H2,1-2H3,(H,18,20)/t10-/m0/s1. The fourth-order valence-corrected chi connectivity index (χ4v) is 2.07. The molecule has 106 valence electrons. The lowest BCUT2D eigenvalue weighted by atomic mass is 10.1. The third kappa shape index (κ3) is 3.66. The molecule has 1 aromatic heterocycles. The molecule has 1 atom stereocenters. The van der Waals surface area contributed by atoms with Gasteiger partial charge in [0.1, 0.15) is 5.82 Å². The molecule has 2 aromatic rings. The van der Waals surface area contributed by atoms with E-state index < -0.39 is 0 Å². The molecule has 1 amide bonds. The summed E-state index contributed by atoms with van der Waals surface area (Å²) in [6.07, 6.45) is 3.47. The van der Waals surface area contributed by atoms with Crippen molar-refractivity contribution in [2.75, 3.05) is 5.32 Å². The lowest BCUT2D eigenvalue weighted by Crippen LogP contribution is -2.24. The molecule has 0 saturated heterocycles. The molecule has 0 spiro atoms. The maximum Gasteiger partial charge on any atom is 0.229 e. The van der Waals surface area contributed by atoms with Crippen molar-refractivity contribution in [3.63, 3.8) is 0 Å². The first-order valence-electron chi connectivity index (χ1n) is 6.20. The topological polar surface area (TPSA) is 46.9 Å². The quantitative estimate of drug-likeness (QED) is 0.928. The van der Waals surface area contributed by atoms with Gasteiger partial charge in [-0.1, -0.05) is 13.0 Å². The third-order valence-electron chi connectivity index (χ3n) is 2.95. The summed E-state index contributed by atoms with van der Waals surface area (Å²) >= 11 is 3.30. The molecule has 1 N–H and O–H groups in total. The predicted octanol–water partition coefficient (Wildman–Crippen LogP) is 3.37. The normalized spacial score (nSPS) is 12.2. The smallest absolute Gasteiger partial charge is 0.229 e. The van der Waals surface area contributed by atoms with Gasteiger partial charge in [-0.25, -0.2) is 4.39 Å². The van der Waals surface area contributed by atoms with Crippen LogP contribution in [0.5, 0.6) is 0 Å². The molecule has 1 aromatic carbocycles. The fraction of sp³-hybridized carbons (Fsp3) is 0.286. The van der Waals surface area contributed by atoms with Crippen molar-refractivity contribution in [1.29, 1.82) is 0 Å². The highest BCUT2D eigenvalue weighted by Crippen LogP contribution is 2.15. The molecule has 0 unspecified atom stereocenters.